The van der Waals surface area contributed by atoms with E-state index in [4.69, 9.17) is 4.74 Å². The average Bonchev–Trinajstić information content (AvgIpc) is 2.76. The summed E-state index contributed by atoms with van der Waals surface area (Å²) in [6, 6.07) is 15.3. The van der Waals surface area contributed by atoms with Gasteiger partial charge in [0.2, 0.25) is 0 Å². The first-order chi connectivity index (χ1) is 14.4. The Morgan fingerprint density at radius 3 is 2.50 bits per heavy atom. The molecule has 0 saturated heterocycles. The van der Waals surface area contributed by atoms with E-state index in [-0.39, 0.29) is 23.3 Å². The first kappa shape index (κ1) is 22.3. The number of benzene rings is 2. The summed E-state index contributed by atoms with van der Waals surface area (Å²) in [4.78, 5) is 12.0. The highest BCUT2D eigenvalue weighted by molar-refractivity contribution is 5.70. The monoisotopic (exact) mass is 411 g/mol. The molecule has 0 amide bonds. The second-order valence-electron chi connectivity index (χ2n) is 8.29. The number of carbonyl (C=O) groups is 1. The second kappa shape index (κ2) is 9.63. The van der Waals surface area contributed by atoms with Crippen LogP contribution < -0.4 is 5.32 Å². The van der Waals surface area contributed by atoms with Gasteiger partial charge in [-0.3, -0.25) is 4.79 Å². The van der Waals surface area contributed by atoms with Gasteiger partial charge in [0, 0.05) is 31.5 Å². The zero-order valence-electron chi connectivity index (χ0n) is 18.1. The van der Waals surface area contributed by atoms with Gasteiger partial charge in [0.05, 0.1) is 12.0 Å². The van der Waals surface area contributed by atoms with Crippen LogP contribution in [-0.2, 0) is 27.8 Å². The molecule has 3 atom stereocenters. The Balaban J connectivity index is 1.88. The third-order valence-electron chi connectivity index (χ3n) is 6.84. The Hall–Kier alpha value is -2.37. The number of phenols is 1. The van der Waals surface area contributed by atoms with Crippen LogP contribution in [0.3, 0.4) is 0 Å². The van der Waals surface area contributed by atoms with E-state index in [0.29, 0.717) is 13.0 Å². The van der Waals surface area contributed by atoms with Crippen LogP contribution in [-0.4, -0.2) is 42.0 Å². The highest BCUT2D eigenvalue weighted by Crippen LogP contribution is 2.44. The number of ether oxygens (including phenoxy) is 1. The van der Waals surface area contributed by atoms with Gasteiger partial charge < -0.3 is 20.3 Å². The van der Waals surface area contributed by atoms with Crippen LogP contribution >= 0.6 is 0 Å². The predicted octanol–water partition coefficient (Wildman–Crippen LogP) is 3.92. The Bertz CT molecular complexity index is 847. The van der Waals surface area contributed by atoms with E-state index in [1.807, 2.05) is 42.5 Å². The summed E-state index contributed by atoms with van der Waals surface area (Å²) < 4.78 is 5.89. The maximum atomic E-state index is 12.0. The fourth-order valence-electron chi connectivity index (χ4n) is 5.10. The van der Waals surface area contributed by atoms with E-state index in [9.17, 15) is 15.0 Å². The molecule has 2 aromatic carbocycles. The molecular formula is C25H33NO4. The zero-order chi connectivity index (χ0) is 21.7. The molecule has 30 heavy (non-hydrogen) atoms. The predicted molar refractivity (Wildman–Crippen MR) is 118 cm³/mol. The lowest BCUT2D eigenvalue weighted by molar-refractivity contribution is -0.141. The quantitative estimate of drug-likeness (QED) is 0.583. The van der Waals surface area contributed by atoms with Crippen molar-refractivity contribution in [1.29, 1.82) is 0 Å². The zero-order valence-corrected chi connectivity index (χ0v) is 18.1. The van der Waals surface area contributed by atoms with Crippen molar-refractivity contribution >= 4 is 5.97 Å². The van der Waals surface area contributed by atoms with Gasteiger partial charge in [0.1, 0.15) is 5.75 Å². The lowest BCUT2D eigenvalue weighted by atomic mass is 9.62. The number of hydrogen-bond donors (Lipinski definition) is 3. The number of rotatable bonds is 9. The smallest absolute Gasteiger partial charge is 0.308 e. The molecule has 0 heterocycles. The molecule has 0 saturated carbocycles. The molecule has 1 aliphatic rings. The Morgan fingerprint density at radius 1 is 1.20 bits per heavy atom. The Morgan fingerprint density at radius 2 is 1.90 bits per heavy atom. The molecule has 0 fully saturated rings. The van der Waals surface area contributed by atoms with Crippen LogP contribution in [0.15, 0.2) is 48.5 Å². The number of aliphatic carboxylic acids is 1. The highest BCUT2D eigenvalue weighted by atomic mass is 16.5. The van der Waals surface area contributed by atoms with Crippen LogP contribution in [0.4, 0.5) is 0 Å². The minimum atomic E-state index is -0.798. The van der Waals surface area contributed by atoms with Gasteiger partial charge in [-0.1, -0.05) is 50.2 Å². The second-order valence-corrected chi connectivity index (χ2v) is 8.29. The van der Waals surface area contributed by atoms with Crippen molar-refractivity contribution in [2.45, 2.75) is 57.1 Å². The SMILES string of the molecule is CCC1(CC)c2cc(O)ccc2C[C@@H](OC)[C@@H]1NCC(Cc1ccccc1)C(=O)O. The maximum Gasteiger partial charge on any atom is 0.308 e. The van der Waals surface area contributed by atoms with E-state index < -0.39 is 11.9 Å². The summed E-state index contributed by atoms with van der Waals surface area (Å²) in [7, 11) is 1.72. The van der Waals surface area contributed by atoms with Crippen LogP contribution in [0.1, 0.15) is 43.4 Å². The van der Waals surface area contributed by atoms with E-state index in [2.05, 4.69) is 19.2 Å². The number of nitrogens with one attached hydrogen (secondary N) is 1. The highest BCUT2D eigenvalue weighted by Gasteiger charge is 2.47. The largest absolute Gasteiger partial charge is 0.508 e. The first-order valence-corrected chi connectivity index (χ1v) is 10.8. The number of aromatic hydroxyl groups is 1. The molecule has 0 bridgehead atoms. The van der Waals surface area contributed by atoms with Crippen molar-refractivity contribution in [3.8, 4) is 5.75 Å². The summed E-state index contributed by atoms with van der Waals surface area (Å²) in [6.45, 7) is 4.68. The summed E-state index contributed by atoms with van der Waals surface area (Å²) >= 11 is 0. The lowest BCUT2D eigenvalue weighted by Crippen LogP contribution is -2.59. The fraction of sp³-hybridized carbons (Fsp3) is 0.480. The fourth-order valence-corrected chi connectivity index (χ4v) is 5.10. The molecule has 5 nitrogen and oxygen atoms in total. The standard InChI is InChI=1S/C25H33NO4/c1-4-25(5-2)21-15-20(27)12-11-18(21)14-22(30-3)23(25)26-16-19(24(28)29)13-17-9-7-6-8-10-17/h6-12,15,19,22-23,26-27H,4-5,13-14,16H2,1-3H3,(H,28,29)/t19?,22-,23+/m1/s1. The number of hydrogen-bond acceptors (Lipinski definition) is 4. The molecule has 1 unspecified atom stereocenters. The number of phenolic OH excluding ortho intramolecular Hbond substituents is 1. The lowest BCUT2D eigenvalue weighted by Gasteiger charge is -2.49. The van der Waals surface area contributed by atoms with E-state index in [1.54, 1.807) is 13.2 Å². The topological polar surface area (TPSA) is 78.8 Å². The summed E-state index contributed by atoms with van der Waals surface area (Å²) in [5.74, 6) is -1.06. The number of carboxylic acids is 1. The van der Waals surface area contributed by atoms with Crippen molar-refractivity contribution in [2.24, 2.45) is 5.92 Å². The van der Waals surface area contributed by atoms with Gasteiger partial charge in [-0.05, 0) is 48.1 Å². The van der Waals surface area contributed by atoms with Gasteiger partial charge in [-0.25, -0.2) is 0 Å². The summed E-state index contributed by atoms with van der Waals surface area (Å²) in [5, 5.41) is 23.6. The molecule has 0 spiro atoms. The van der Waals surface area contributed by atoms with E-state index in [0.717, 1.165) is 30.4 Å². The third-order valence-corrected chi connectivity index (χ3v) is 6.84. The van der Waals surface area contributed by atoms with Crippen molar-refractivity contribution in [1.82, 2.24) is 5.32 Å². The van der Waals surface area contributed by atoms with Gasteiger partial charge in [-0.2, -0.15) is 0 Å². The molecule has 162 valence electrons. The Kier molecular flexibility index (Phi) is 7.16. The first-order valence-electron chi connectivity index (χ1n) is 10.8. The molecule has 0 radical (unpaired) electrons. The van der Waals surface area contributed by atoms with Crippen molar-refractivity contribution in [3.05, 3.63) is 65.2 Å². The number of methoxy groups -OCH3 is 1. The maximum absolute atomic E-state index is 12.0. The van der Waals surface area contributed by atoms with Gasteiger partial charge in [0.15, 0.2) is 0 Å². The molecule has 1 aliphatic carbocycles. The van der Waals surface area contributed by atoms with E-state index in [1.165, 1.54) is 5.56 Å². The van der Waals surface area contributed by atoms with Crippen LogP contribution in [0.2, 0.25) is 0 Å². The summed E-state index contributed by atoms with van der Waals surface area (Å²) in [5.41, 5.74) is 3.13. The molecule has 0 aliphatic heterocycles. The molecule has 0 aromatic heterocycles. The van der Waals surface area contributed by atoms with Crippen LogP contribution in [0.5, 0.6) is 5.75 Å². The normalized spacial score (nSPS) is 21.0. The van der Waals surface area contributed by atoms with Crippen LogP contribution in [0, 0.1) is 5.92 Å². The van der Waals surface area contributed by atoms with Crippen molar-refractivity contribution < 1.29 is 19.7 Å². The third kappa shape index (κ3) is 4.37. The van der Waals surface area contributed by atoms with Crippen molar-refractivity contribution in [2.75, 3.05) is 13.7 Å². The van der Waals surface area contributed by atoms with Crippen LogP contribution in [0.25, 0.3) is 0 Å². The molecule has 2 aromatic rings. The van der Waals surface area contributed by atoms with Gasteiger partial charge >= 0.3 is 5.97 Å². The number of carboxylic acid groups (broad SMARTS) is 1. The van der Waals surface area contributed by atoms with Gasteiger partial charge in [0.25, 0.3) is 0 Å². The molecule has 3 N–H and O–H groups in total. The average molecular weight is 412 g/mol. The minimum absolute atomic E-state index is 0.0376. The Labute approximate surface area is 179 Å². The summed E-state index contributed by atoms with van der Waals surface area (Å²) in [6.07, 6.45) is 2.90. The number of fused-ring (bicyclic) bond motifs is 1. The minimum Gasteiger partial charge on any atom is -0.508 e. The molecule has 3 rings (SSSR count). The molecular weight excluding hydrogens is 378 g/mol. The molecule has 5 heteroatoms. The van der Waals surface area contributed by atoms with E-state index >= 15 is 0 Å². The van der Waals surface area contributed by atoms with Crippen molar-refractivity contribution in [3.63, 3.8) is 0 Å². The van der Waals surface area contributed by atoms with Gasteiger partial charge in [-0.15, -0.1) is 0 Å².